The van der Waals surface area contributed by atoms with E-state index in [9.17, 15) is 4.79 Å². The molecule has 5 aromatic carbocycles. The van der Waals surface area contributed by atoms with Crippen LogP contribution in [0.4, 0.5) is 0 Å². The van der Waals surface area contributed by atoms with E-state index >= 15 is 0 Å². The van der Waals surface area contributed by atoms with Crippen molar-refractivity contribution in [1.82, 2.24) is 16.0 Å². The maximum absolute atomic E-state index is 13.4. The molecule has 0 fully saturated rings. The molecule has 5 rings (SSSR count). The summed E-state index contributed by atoms with van der Waals surface area (Å²) < 4.78 is 0. The SMILES string of the molecule is CNC[C@@H](Cc1ccc(Cl)cc1)NC[C@H](Cc1ccc2ccccc2c1)NC(=O)c1ccc(-c2ccccc2)cc1. The van der Waals surface area contributed by atoms with Crippen molar-refractivity contribution in [2.75, 3.05) is 20.1 Å². The van der Waals surface area contributed by atoms with Crippen molar-refractivity contribution in [1.29, 1.82) is 0 Å². The highest BCUT2D eigenvalue weighted by Crippen LogP contribution is 2.20. The number of hydrogen-bond acceptors (Lipinski definition) is 3. The van der Waals surface area contributed by atoms with Crippen molar-refractivity contribution >= 4 is 28.3 Å². The van der Waals surface area contributed by atoms with Gasteiger partial charge in [-0.2, -0.15) is 0 Å². The highest BCUT2D eigenvalue weighted by molar-refractivity contribution is 6.30. The molecule has 0 spiro atoms. The van der Waals surface area contributed by atoms with Crippen molar-refractivity contribution in [2.45, 2.75) is 24.9 Å². The number of halogens is 1. The number of carbonyl (C=O) groups excluding carboxylic acids is 1. The minimum atomic E-state index is -0.0953. The molecule has 4 nitrogen and oxygen atoms in total. The van der Waals surface area contributed by atoms with Crippen LogP contribution in [0, 0.1) is 0 Å². The molecular formula is C36H36ClN3O. The van der Waals surface area contributed by atoms with Gasteiger partial charge in [-0.3, -0.25) is 4.79 Å². The lowest BCUT2D eigenvalue weighted by Gasteiger charge is -2.25. The summed E-state index contributed by atoms with van der Waals surface area (Å²) >= 11 is 6.10. The van der Waals surface area contributed by atoms with Gasteiger partial charge in [0.05, 0.1) is 0 Å². The quantitative estimate of drug-likeness (QED) is 0.155. The van der Waals surface area contributed by atoms with Gasteiger partial charge >= 0.3 is 0 Å². The zero-order valence-corrected chi connectivity index (χ0v) is 24.1. The van der Waals surface area contributed by atoms with Crippen LogP contribution in [-0.4, -0.2) is 38.1 Å². The molecule has 208 valence electrons. The fourth-order valence-corrected chi connectivity index (χ4v) is 5.34. The van der Waals surface area contributed by atoms with Gasteiger partial charge < -0.3 is 16.0 Å². The first-order valence-electron chi connectivity index (χ1n) is 14.1. The fourth-order valence-electron chi connectivity index (χ4n) is 5.21. The zero-order chi connectivity index (χ0) is 28.4. The lowest BCUT2D eigenvalue weighted by molar-refractivity contribution is 0.0935. The van der Waals surface area contributed by atoms with Crippen LogP contribution in [0.2, 0.25) is 5.02 Å². The molecule has 0 bridgehead atoms. The molecule has 0 heterocycles. The Bertz CT molecular complexity index is 1550. The Morgan fingerprint density at radius 2 is 1.29 bits per heavy atom. The van der Waals surface area contributed by atoms with Crippen molar-refractivity contribution in [3.8, 4) is 11.1 Å². The first-order valence-corrected chi connectivity index (χ1v) is 14.5. The number of benzene rings is 5. The summed E-state index contributed by atoms with van der Waals surface area (Å²) in [6.07, 6.45) is 1.58. The number of nitrogens with one attached hydrogen (secondary N) is 3. The average molecular weight is 562 g/mol. The largest absolute Gasteiger partial charge is 0.348 e. The van der Waals surface area contributed by atoms with Crippen LogP contribution >= 0.6 is 11.6 Å². The molecule has 0 aromatic heterocycles. The fraction of sp³-hybridized carbons (Fsp3) is 0.194. The van der Waals surface area contributed by atoms with Crippen molar-refractivity contribution < 1.29 is 4.79 Å². The molecule has 41 heavy (non-hydrogen) atoms. The van der Waals surface area contributed by atoms with Gasteiger partial charge in [-0.25, -0.2) is 0 Å². The molecule has 3 N–H and O–H groups in total. The van der Waals surface area contributed by atoms with Gasteiger partial charge in [0.25, 0.3) is 5.91 Å². The van der Waals surface area contributed by atoms with Gasteiger partial charge in [0.15, 0.2) is 0 Å². The molecule has 0 radical (unpaired) electrons. The van der Waals surface area contributed by atoms with E-state index in [2.05, 4.69) is 82.7 Å². The summed E-state index contributed by atoms with van der Waals surface area (Å²) in [4.78, 5) is 13.4. The number of fused-ring (bicyclic) bond motifs is 1. The van der Waals surface area contributed by atoms with E-state index in [1.807, 2.05) is 61.6 Å². The third kappa shape index (κ3) is 8.05. The van der Waals surface area contributed by atoms with Crippen molar-refractivity contribution in [3.05, 3.63) is 143 Å². The maximum Gasteiger partial charge on any atom is 0.251 e. The van der Waals surface area contributed by atoms with Crippen LogP contribution < -0.4 is 16.0 Å². The molecule has 5 aromatic rings. The molecule has 0 saturated heterocycles. The van der Waals surface area contributed by atoms with E-state index in [1.165, 1.54) is 21.9 Å². The molecule has 5 heteroatoms. The maximum atomic E-state index is 13.4. The first-order chi connectivity index (χ1) is 20.1. The average Bonchev–Trinajstić information content (AvgIpc) is 3.01. The third-order valence-corrected chi connectivity index (χ3v) is 7.64. The van der Waals surface area contributed by atoms with E-state index in [-0.39, 0.29) is 18.0 Å². The Kier molecular flexibility index (Phi) is 9.82. The Morgan fingerprint density at radius 1 is 0.659 bits per heavy atom. The third-order valence-electron chi connectivity index (χ3n) is 7.38. The second-order valence-corrected chi connectivity index (χ2v) is 10.9. The summed E-state index contributed by atoms with van der Waals surface area (Å²) in [5.74, 6) is -0.0694. The van der Waals surface area contributed by atoms with E-state index < -0.39 is 0 Å². The van der Waals surface area contributed by atoms with E-state index in [4.69, 9.17) is 11.6 Å². The van der Waals surface area contributed by atoms with Gasteiger partial charge in [-0.1, -0.05) is 109 Å². The van der Waals surface area contributed by atoms with E-state index in [0.29, 0.717) is 12.1 Å². The molecule has 2 atom stereocenters. The van der Waals surface area contributed by atoms with Crippen LogP contribution in [0.3, 0.4) is 0 Å². The van der Waals surface area contributed by atoms with Crippen LogP contribution in [0.25, 0.3) is 21.9 Å². The smallest absolute Gasteiger partial charge is 0.251 e. The monoisotopic (exact) mass is 561 g/mol. The van der Waals surface area contributed by atoms with Crippen LogP contribution in [0.15, 0.2) is 121 Å². The lowest BCUT2D eigenvalue weighted by Crippen LogP contribution is -2.48. The second-order valence-electron chi connectivity index (χ2n) is 10.5. The minimum Gasteiger partial charge on any atom is -0.348 e. The van der Waals surface area contributed by atoms with Crippen LogP contribution in [0.5, 0.6) is 0 Å². The number of hydrogen-bond donors (Lipinski definition) is 3. The Balaban J connectivity index is 1.31. The molecule has 0 aliphatic carbocycles. The normalized spacial score (nSPS) is 12.6. The van der Waals surface area contributed by atoms with Gasteiger partial charge in [-0.05, 0) is 77.2 Å². The highest BCUT2D eigenvalue weighted by Gasteiger charge is 2.18. The Labute approximate surface area is 247 Å². The Hall–Kier alpha value is -3.96. The summed E-state index contributed by atoms with van der Waals surface area (Å²) in [6, 6.07) is 41.0. The predicted molar refractivity (Wildman–Crippen MR) is 172 cm³/mol. The zero-order valence-electron chi connectivity index (χ0n) is 23.3. The molecule has 0 aliphatic heterocycles. The molecule has 0 aliphatic rings. The highest BCUT2D eigenvalue weighted by atomic mass is 35.5. The molecule has 0 saturated carbocycles. The number of rotatable bonds is 12. The molecule has 1 amide bonds. The number of amides is 1. The van der Waals surface area contributed by atoms with Crippen LogP contribution in [-0.2, 0) is 12.8 Å². The minimum absolute atomic E-state index is 0.0694. The summed E-state index contributed by atoms with van der Waals surface area (Å²) in [5.41, 5.74) is 5.29. The van der Waals surface area contributed by atoms with Crippen LogP contribution in [0.1, 0.15) is 21.5 Å². The molecular weight excluding hydrogens is 526 g/mol. The first kappa shape index (κ1) is 28.6. The topological polar surface area (TPSA) is 53.2 Å². The Morgan fingerprint density at radius 3 is 2.02 bits per heavy atom. The van der Waals surface area contributed by atoms with Crippen molar-refractivity contribution in [2.24, 2.45) is 0 Å². The lowest BCUT2D eigenvalue weighted by atomic mass is 10.00. The summed E-state index contributed by atoms with van der Waals surface area (Å²) in [5, 5.41) is 13.5. The second kappa shape index (κ2) is 14.1. The van der Waals surface area contributed by atoms with E-state index in [0.717, 1.165) is 35.5 Å². The standard InChI is InChI=1S/C36H36ClN3O/c1-38-24-34(22-26-12-19-33(37)20-13-26)39-25-35(23-27-11-14-29-9-5-6-10-32(29)21-27)40-36(41)31-17-15-30(16-18-31)28-7-3-2-4-8-28/h2-21,34-35,38-39H,22-25H2,1H3,(H,40,41)/t34-,35+/m1/s1. The number of likely N-dealkylation sites (N-methyl/N-ethyl adjacent to an activating group) is 1. The summed E-state index contributed by atoms with van der Waals surface area (Å²) in [7, 11) is 1.96. The van der Waals surface area contributed by atoms with Gasteiger partial charge in [0.1, 0.15) is 0 Å². The van der Waals surface area contributed by atoms with Gasteiger partial charge in [-0.15, -0.1) is 0 Å². The number of carbonyl (C=O) groups is 1. The summed E-state index contributed by atoms with van der Waals surface area (Å²) in [6.45, 7) is 1.45. The molecule has 0 unspecified atom stereocenters. The predicted octanol–water partition coefficient (Wildman–Crippen LogP) is 6.92. The van der Waals surface area contributed by atoms with Crippen molar-refractivity contribution in [3.63, 3.8) is 0 Å². The van der Waals surface area contributed by atoms with E-state index in [1.54, 1.807) is 0 Å². The van der Waals surface area contributed by atoms with Gasteiger partial charge in [0.2, 0.25) is 0 Å². The van der Waals surface area contributed by atoms with Gasteiger partial charge in [0, 0.05) is 35.8 Å².